The van der Waals surface area contributed by atoms with E-state index < -0.39 is 10.0 Å². The average Bonchev–Trinajstić information content (AvgIpc) is 3.14. The lowest BCUT2D eigenvalue weighted by Gasteiger charge is -2.08. The maximum atomic E-state index is 12.7. The summed E-state index contributed by atoms with van der Waals surface area (Å²) >= 11 is 0. The van der Waals surface area contributed by atoms with Crippen molar-refractivity contribution in [2.45, 2.75) is 4.90 Å². The van der Waals surface area contributed by atoms with Crippen molar-refractivity contribution in [1.82, 2.24) is 9.97 Å². The molecule has 0 amide bonds. The third-order valence-corrected chi connectivity index (χ3v) is 5.30. The summed E-state index contributed by atoms with van der Waals surface area (Å²) in [7, 11) is -2.27. The Hall–Kier alpha value is -3.39. The maximum absolute atomic E-state index is 12.7. The molecule has 0 aliphatic carbocycles. The predicted molar refractivity (Wildman–Crippen MR) is 101 cm³/mol. The molecule has 7 nitrogen and oxygen atoms in total. The highest BCUT2D eigenvalue weighted by Gasteiger charge is 2.18. The van der Waals surface area contributed by atoms with Crippen LogP contribution in [0.5, 0.6) is 5.75 Å². The molecule has 0 spiro atoms. The van der Waals surface area contributed by atoms with Gasteiger partial charge in [-0.1, -0.05) is 12.1 Å². The van der Waals surface area contributed by atoms with Gasteiger partial charge in [0.15, 0.2) is 5.58 Å². The zero-order valence-corrected chi connectivity index (χ0v) is 15.1. The quantitative estimate of drug-likeness (QED) is 0.566. The molecule has 2 heterocycles. The van der Waals surface area contributed by atoms with E-state index in [1.807, 2.05) is 6.07 Å². The molecule has 27 heavy (non-hydrogen) atoms. The average molecular weight is 381 g/mol. The van der Waals surface area contributed by atoms with E-state index in [9.17, 15) is 8.42 Å². The standard InChI is InChI=1S/C19H15N3O4S/c1-25-13-8-10-14(11-9-13)27(23,24)22-15-6-4-7-17-18(15)21-19(26-17)16-5-2-3-12-20-16/h2-12,22H,1H3. The topological polar surface area (TPSA) is 94.3 Å². The Balaban J connectivity index is 1.72. The fourth-order valence-corrected chi connectivity index (χ4v) is 3.65. The van der Waals surface area contributed by atoms with Crippen molar-refractivity contribution >= 4 is 26.8 Å². The normalized spacial score (nSPS) is 11.4. The molecule has 8 heteroatoms. The van der Waals surface area contributed by atoms with Crippen LogP contribution < -0.4 is 9.46 Å². The van der Waals surface area contributed by atoms with Crippen LogP contribution in [0, 0.1) is 0 Å². The van der Waals surface area contributed by atoms with E-state index in [2.05, 4.69) is 14.7 Å². The lowest BCUT2D eigenvalue weighted by atomic mass is 10.3. The molecule has 0 saturated carbocycles. The Kier molecular flexibility index (Phi) is 4.25. The fraction of sp³-hybridized carbons (Fsp3) is 0.0526. The molecule has 0 bridgehead atoms. The Morgan fingerprint density at radius 1 is 1.00 bits per heavy atom. The first-order valence-corrected chi connectivity index (χ1v) is 9.53. The second-order valence-corrected chi connectivity index (χ2v) is 7.35. The molecule has 4 rings (SSSR count). The second kappa shape index (κ2) is 6.73. The number of hydrogen-bond donors (Lipinski definition) is 1. The lowest BCUT2D eigenvalue weighted by molar-refractivity contribution is 0.414. The van der Waals surface area contributed by atoms with Gasteiger partial charge in [-0.15, -0.1) is 0 Å². The van der Waals surface area contributed by atoms with E-state index in [0.717, 1.165) is 0 Å². The summed E-state index contributed by atoms with van der Waals surface area (Å²) in [6.45, 7) is 0. The number of rotatable bonds is 5. The van der Waals surface area contributed by atoms with Crippen LogP contribution in [0.15, 0.2) is 76.2 Å². The molecule has 136 valence electrons. The van der Waals surface area contributed by atoms with Crippen LogP contribution in [-0.2, 0) is 10.0 Å². The molecule has 4 aromatic rings. The number of aromatic nitrogens is 2. The number of anilines is 1. The van der Waals surface area contributed by atoms with Gasteiger partial charge in [0.25, 0.3) is 10.0 Å². The molecular formula is C19H15N3O4S. The SMILES string of the molecule is COc1ccc(S(=O)(=O)Nc2cccc3oc(-c4ccccn4)nc23)cc1. The Labute approximate surface area is 155 Å². The number of sulfonamides is 1. The highest BCUT2D eigenvalue weighted by molar-refractivity contribution is 7.92. The first-order chi connectivity index (χ1) is 13.1. The summed E-state index contributed by atoms with van der Waals surface area (Å²) < 4.78 is 38.7. The van der Waals surface area contributed by atoms with Gasteiger partial charge in [0.2, 0.25) is 5.89 Å². The smallest absolute Gasteiger partial charge is 0.261 e. The lowest BCUT2D eigenvalue weighted by Crippen LogP contribution is -2.13. The number of nitrogens with zero attached hydrogens (tertiary/aromatic N) is 2. The molecule has 0 radical (unpaired) electrons. The van der Waals surface area contributed by atoms with Crippen molar-refractivity contribution in [1.29, 1.82) is 0 Å². The number of hydrogen-bond acceptors (Lipinski definition) is 6. The number of para-hydroxylation sites is 1. The summed E-state index contributed by atoms with van der Waals surface area (Å²) in [6, 6.07) is 16.6. The van der Waals surface area contributed by atoms with Crippen molar-refractivity contribution in [3.05, 3.63) is 66.9 Å². The molecule has 0 aliphatic heterocycles. The van der Waals surface area contributed by atoms with Crippen LogP contribution in [0.4, 0.5) is 5.69 Å². The Morgan fingerprint density at radius 3 is 2.52 bits per heavy atom. The van der Waals surface area contributed by atoms with Crippen LogP contribution in [-0.4, -0.2) is 25.5 Å². The number of nitrogens with one attached hydrogen (secondary N) is 1. The van der Waals surface area contributed by atoms with Crippen molar-refractivity contribution in [2.75, 3.05) is 11.8 Å². The Bertz CT molecular complexity index is 1190. The highest BCUT2D eigenvalue weighted by atomic mass is 32.2. The first kappa shape index (κ1) is 17.0. The first-order valence-electron chi connectivity index (χ1n) is 8.05. The van der Waals surface area contributed by atoms with E-state index in [0.29, 0.717) is 34.1 Å². The summed E-state index contributed by atoms with van der Waals surface area (Å²) in [6.07, 6.45) is 1.64. The molecule has 0 unspecified atom stereocenters. The van der Waals surface area contributed by atoms with Gasteiger partial charge >= 0.3 is 0 Å². The third-order valence-electron chi connectivity index (χ3n) is 3.92. The van der Waals surface area contributed by atoms with E-state index in [1.54, 1.807) is 48.7 Å². The Morgan fingerprint density at radius 2 is 1.81 bits per heavy atom. The van der Waals surface area contributed by atoms with Gasteiger partial charge in [0.05, 0.1) is 17.7 Å². The van der Waals surface area contributed by atoms with Crippen LogP contribution in [0.3, 0.4) is 0 Å². The second-order valence-electron chi connectivity index (χ2n) is 5.67. The van der Waals surface area contributed by atoms with Crippen molar-refractivity contribution < 1.29 is 17.6 Å². The van der Waals surface area contributed by atoms with E-state index in [-0.39, 0.29) is 4.90 Å². The maximum Gasteiger partial charge on any atom is 0.261 e. The minimum atomic E-state index is -3.79. The van der Waals surface area contributed by atoms with Gasteiger partial charge in [-0.05, 0) is 48.5 Å². The molecule has 0 atom stereocenters. The monoisotopic (exact) mass is 381 g/mol. The van der Waals surface area contributed by atoms with Crippen LogP contribution in [0.2, 0.25) is 0 Å². The van der Waals surface area contributed by atoms with E-state index >= 15 is 0 Å². The van der Waals surface area contributed by atoms with Gasteiger partial charge in [0.1, 0.15) is 17.0 Å². The number of methoxy groups -OCH3 is 1. The number of oxazole rings is 1. The van der Waals surface area contributed by atoms with Gasteiger partial charge in [-0.3, -0.25) is 9.71 Å². The summed E-state index contributed by atoms with van der Waals surface area (Å²) in [5.74, 6) is 0.897. The van der Waals surface area contributed by atoms with Gasteiger partial charge in [0, 0.05) is 6.20 Å². The van der Waals surface area contributed by atoms with Crippen molar-refractivity contribution in [3.8, 4) is 17.3 Å². The summed E-state index contributed by atoms with van der Waals surface area (Å²) in [5, 5.41) is 0. The molecule has 2 aromatic carbocycles. The fourth-order valence-electron chi connectivity index (χ4n) is 2.59. The predicted octanol–water partition coefficient (Wildman–Crippen LogP) is 3.70. The van der Waals surface area contributed by atoms with Gasteiger partial charge in [-0.25, -0.2) is 13.4 Å². The molecule has 0 aliphatic rings. The van der Waals surface area contributed by atoms with Crippen LogP contribution in [0.1, 0.15) is 0 Å². The third kappa shape index (κ3) is 3.34. The summed E-state index contributed by atoms with van der Waals surface area (Å²) in [4.78, 5) is 8.74. The molecule has 2 aromatic heterocycles. The number of ether oxygens (including phenoxy) is 1. The minimum absolute atomic E-state index is 0.119. The van der Waals surface area contributed by atoms with Crippen molar-refractivity contribution in [3.63, 3.8) is 0 Å². The zero-order chi connectivity index (χ0) is 18.9. The summed E-state index contributed by atoms with van der Waals surface area (Å²) in [5.41, 5.74) is 1.77. The molecule has 0 fully saturated rings. The van der Waals surface area contributed by atoms with Crippen LogP contribution in [0.25, 0.3) is 22.7 Å². The van der Waals surface area contributed by atoms with Crippen LogP contribution >= 0.6 is 0 Å². The number of fused-ring (bicyclic) bond motifs is 1. The molecular weight excluding hydrogens is 366 g/mol. The van der Waals surface area contributed by atoms with E-state index in [1.165, 1.54) is 19.2 Å². The van der Waals surface area contributed by atoms with Crippen molar-refractivity contribution in [2.24, 2.45) is 0 Å². The zero-order valence-electron chi connectivity index (χ0n) is 14.3. The largest absolute Gasteiger partial charge is 0.497 e. The highest BCUT2D eigenvalue weighted by Crippen LogP contribution is 2.29. The number of pyridine rings is 1. The molecule has 1 N–H and O–H groups in total. The number of benzene rings is 2. The van der Waals surface area contributed by atoms with Gasteiger partial charge in [-0.2, -0.15) is 0 Å². The molecule has 0 saturated heterocycles. The van der Waals surface area contributed by atoms with Gasteiger partial charge < -0.3 is 9.15 Å². The van der Waals surface area contributed by atoms with E-state index in [4.69, 9.17) is 9.15 Å². The minimum Gasteiger partial charge on any atom is -0.497 e.